The predicted molar refractivity (Wildman–Crippen MR) is 78.6 cm³/mol. The molecule has 0 unspecified atom stereocenters. The van der Waals surface area contributed by atoms with Crippen molar-refractivity contribution in [3.05, 3.63) is 0 Å². The van der Waals surface area contributed by atoms with E-state index >= 15 is 0 Å². The van der Waals surface area contributed by atoms with Gasteiger partial charge in [0.1, 0.15) is 0 Å². The summed E-state index contributed by atoms with van der Waals surface area (Å²) in [6, 6.07) is 0. The Bertz CT molecular complexity index is 300. The van der Waals surface area contributed by atoms with Crippen LogP contribution in [0.3, 0.4) is 0 Å². The van der Waals surface area contributed by atoms with Crippen LogP contribution >= 0.6 is 0 Å². The van der Waals surface area contributed by atoms with Crippen LogP contribution in [0.25, 0.3) is 0 Å². The fourth-order valence-electron chi connectivity index (χ4n) is 3.05. The summed E-state index contributed by atoms with van der Waals surface area (Å²) in [4.78, 5) is 14.5. The number of amides is 1. The van der Waals surface area contributed by atoms with E-state index < -0.39 is 0 Å². The van der Waals surface area contributed by atoms with Gasteiger partial charge < -0.3 is 14.4 Å². The van der Waals surface area contributed by atoms with Crippen LogP contribution < -0.4 is 0 Å². The molecule has 1 atom stereocenters. The summed E-state index contributed by atoms with van der Waals surface area (Å²) in [5, 5.41) is 0. The van der Waals surface area contributed by atoms with Crippen molar-refractivity contribution >= 4 is 5.91 Å². The van der Waals surface area contributed by atoms with E-state index in [9.17, 15) is 4.79 Å². The summed E-state index contributed by atoms with van der Waals surface area (Å²) in [6.45, 7) is 8.22. The first kappa shape index (κ1) is 15.8. The highest BCUT2D eigenvalue weighted by atomic mass is 16.5. The number of carbonyl (C=O) groups is 1. The average Bonchev–Trinajstić information content (AvgIpc) is 2.47. The van der Waals surface area contributed by atoms with Gasteiger partial charge >= 0.3 is 0 Å². The molecule has 0 aromatic rings. The lowest BCUT2D eigenvalue weighted by atomic mass is 9.97. The zero-order valence-corrected chi connectivity index (χ0v) is 13.0. The highest BCUT2D eigenvalue weighted by Gasteiger charge is 2.30. The van der Waals surface area contributed by atoms with E-state index in [1.54, 1.807) is 0 Å². The fraction of sp³-hybridized carbons (Fsp3) is 0.938. The molecule has 0 aliphatic carbocycles. The van der Waals surface area contributed by atoms with E-state index in [1.165, 1.54) is 12.8 Å². The van der Waals surface area contributed by atoms with Crippen molar-refractivity contribution in [3.63, 3.8) is 0 Å². The molecule has 1 amide bonds. The van der Waals surface area contributed by atoms with E-state index in [2.05, 4.69) is 13.8 Å². The molecular weight excluding hydrogens is 254 g/mol. The Hall–Kier alpha value is -0.610. The van der Waals surface area contributed by atoms with Crippen molar-refractivity contribution < 1.29 is 14.3 Å². The highest BCUT2D eigenvalue weighted by molar-refractivity contribution is 5.79. The third-order valence-corrected chi connectivity index (χ3v) is 4.33. The maximum atomic E-state index is 12.5. The minimum Gasteiger partial charge on any atom is -0.381 e. The zero-order valence-electron chi connectivity index (χ0n) is 13.0. The van der Waals surface area contributed by atoms with Gasteiger partial charge in [-0.15, -0.1) is 0 Å². The highest BCUT2D eigenvalue weighted by Crippen LogP contribution is 2.21. The van der Waals surface area contributed by atoms with Gasteiger partial charge in [0.2, 0.25) is 5.91 Å². The average molecular weight is 283 g/mol. The molecule has 4 heteroatoms. The van der Waals surface area contributed by atoms with Crippen molar-refractivity contribution in [2.45, 2.75) is 52.1 Å². The van der Waals surface area contributed by atoms with Gasteiger partial charge in [0.05, 0.1) is 12.7 Å². The molecule has 0 aromatic heterocycles. The standard InChI is InChI=1S/C16H29NO3/c1-13(2)4-3-5-15-12-17(8-11-20-15)16(18)14-6-9-19-10-7-14/h13-15H,3-12H2,1-2H3/t15-/m1/s1. The molecule has 0 N–H and O–H groups in total. The number of ether oxygens (including phenoxy) is 2. The summed E-state index contributed by atoms with van der Waals surface area (Å²) >= 11 is 0. The second kappa shape index (κ2) is 7.99. The molecule has 0 radical (unpaired) electrons. The first-order valence-corrected chi connectivity index (χ1v) is 8.15. The zero-order chi connectivity index (χ0) is 14.4. The van der Waals surface area contributed by atoms with E-state index in [4.69, 9.17) is 9.47 Å². The van der Waals surface area contributed by atoms with Gasteiger partial charge in [-0.25, -0.2) is 0 Å². The molecule has 4 nitrogen and oxygen atoms in total. The molecule has 2 saturated heterocycles. The minimum absolute atomic E-state index is 0.179. The van der Waals surface area contributed by atoms with E-state index in [0.717, 1.165) is 51.5 Å². The van der Waals surface area contributed by atoms with Crippen molar-refractivity contribution in [2.24, 2.45) is 11.8 Å². The molecule has 2 aliphatic rings. The van der Waals surface area contributed by atoms with E-state index in [-0.39, 0.29) is 12.0 Å². The van der Waals surface area contributed by atoms with E-state index in [0.29, 0.717) is 12.5 Å². The van der Waals surface area contributed by atoms with Crippen LogP contribution in [0, 0.1) is 11.8 Å². The second-order valence-electron chi connectivity index (χ2n) is 6.49. The molecule has 0 spiro atoms. The Morgan fingerprint density at radius 3 is 2.70 bits per heavy atom. The van der Waals surface area contributed by atoms with Gasteiger partial charge in [0.25, 0.3) is 0 Å². The van der Waals surface area contributed by atoms with Crippen molar-refractivity contribution in [1.29, 1.82) is 0 Å². The van der Waals surface area contributed by atoms with Gasteiger partial charge in [0, 0.05) is 32.2 Å². The van der Waals surface area contributed by atoms with Crippen molar-refractivity contribution in [2.75, 3.05) is 32.9 Å². The summed E-state index contributed by atoms with van der Waals surface area (Å²) in [6.07, 6.45) is 5.53. The maximum Gasteiger partial charge on any atom is 0.226 e. The van der Waals surface area contributed by atoms with Gasteiger partial charge in [-0.1, -0.05) is 26.7 Å². The number of rotatable bonds is 5. The summed E-state index contributed by atoms with van der Waals surface area (Å²) < 4.78 is 11.1. The molecule has 0 bridgehead atoms. The Kier molecular flexibility index (Phi) is 6.30. The summed E-state index contributed by atoms with van der Waals surface area (Å²) in [5.74, 6) is 1.25. The van der Waals surface area contributed by atoms with Gasteiger partial charge in [-0.2, -0.15) is 0 Å². The Balaban J connectivity index is 1.75. The second-order valence-corrected chi connectivity index (χ2v) is 6.49. The van der Waals surface area contributed by atoms with Crippen LogP contribution in [0.1, 0.15) is 46.0 Å². The molecule has 2 fully saturated rings. The molecule has 116 valence electrons. The molecule has 2 rings (SSSR count). The lowest BCUT2D eigenvalue weighted by Crippen LogP contribution is -2.48. The van der Waals surface area contributed by atoms with Gasteiger partial charge in [-0.3, -0.25) is 4.79 Å². The Labute approximate surface area is 122 Å². The normalized spacial score (nSPS) is 25.1. The minimum atomic E-state index is 0.179. The number of carbonyl (C=O) groups excluding carboxylic acids is 1. The molecule has 2 heterocycles. The smallest absolute Gasteiger partial charge is 0.226 e. The monoisotopic (exact) mass is 283 g/mol. The quantitative estimate of drug-likeness (QED) is 0.778. The topological polar surface area (TPSA) is 38.8 Å². The van der Waals surface area contributed by atoms with Gasteiger partial charge in [-0.05, 0) is 25.2 Å². The van der Waals surface area contributed by atoms with Crippen LogP contribution in [0.4, 0.5) is 0 Å². The van der Waals surface area contributed by atoms with Gasteiger partial charge in [0.15, 0.2) is 0 Å². The molecule has 0 aromatic carbocycles. The van der Waals surface area contributed by atoms with Crippen LogP contribution in [-0.4, -0.2) is 49.8 Å². The maximum absolute atomic E-state index is 12.5. The number of morpholine rings is 1. The SMILES string of the molecule is CC(C)CCC[C@@H]1CN(C(=O)C2CCOCC2)CCO1. The molecule has 2 aliphatic heterocycles. The largest absolute Gasteiger partial charge is 0.381 e. The van der Waals surface area contributed by atoms with Crippen LogP contribution in [-0.2, 0) is 14.3 Å². The summed E-state index contributed by atoms with van der Waals surface area (Å²) in [5.41, 5.74) is 0. The van der Waals surface area contributed by atoms with Crippen molar-refractivity contribution in [3.8, 4) is 0 Å². The predicted octanol–water partition coefficient (Wildman–Crippen LogP) is 2.47. The first-order valence-electron chi connectivity index (χ1n) is 8.15. The van der Waals surface area contributed by atoms with Crippen molar-refractivity contribution in [1.82, 2.24) is 4.90 Å². The molecule has 0 saturated carbocycles. The Morgan fingerprint density at radius 1 is 1.25 bits per heavy atom. The third-order valence-electron chi connectivity index (χ3n) is 4.33. The number of hydrogen-bond acceptors (Lipinski definition) is 3. The molecular formula is C16H29NO3. The molecule has 20 heavy (non-hydrogen) atoms. The Morgan fingerprint density at radius 2 is 2.00 bits per heavy atom. The number of hydrogen-bond donors (Lipinski definition) is 0. The third kappa shape index (κ3) is 4.74. The first-order chi connectivity index (χ1) is 9.66. The fourth-order valence-corrected chi connectivity index (χ4v) is 3.05. The number of nitrogens with zero attached hydrogens (tertiary/aromatic N) is 1. The summed E-state index contributed by atoms with van der Waals surface area (Å²) in [7, 11) is 0. The lowest BCUT2D eigenvalue weighted by molar-refractivity contribution is -0.146. The van der Waals surface area contributed by atoms with Crippen LogP contribution in [0.15, 0.2) is 0 Å². The lowest BCUT2D eigenvalue weighted by Gasteiger charge is -2.36. The van der Waals surface area contributed by atoms with Crippen LogP contribution in [0.5, 0.6) is 0 Å². The van der Waals surface area contributed by atoms with E-state index in [1.807, 2.05) is 4.90 Å². The van der Waals surface area contributed by atoms with Crippen LogP contribution in [0.2, 0.25) is 0 Å².